The van der Waals surface area contributed by atoms with E-state index in [0.29, 0.717) is 5.92 Å². The Labute approximate surface area is 106 Å². The molecule has 0 aliphatic heterocycles. The number of nitrogens with zero attached hydrogens (tertiary/aromatic N) is 1. The van der Waals surface area contributed by atoms with Crippen LogP contribution in [0.4, 0.5) is 0 Å². The Balaban J connectivity index is 2.48. The zero-order valence-corrected chi connectivity index (χ0v) is 11.3. The van der Waals surface area contributed by atoms with E-state index < -0.39 is 0 Å². The van der Waals surface area contributed by atoms with Gasteiger partial charge in [-0.05, 0) is 30.2 Å². The quantitative estimate of drug-likeness (QED) is 0.616. The van der Waals surface area contributed by atoms with Crippen LogP contribution in [0.3, 0.4) is 0 Å². The van der Waals surface area contributed by atoms with Gasteiger partial charge < -0.3 is 0 Å². The third-order valence-corrected chi connectivity index (χ3v) is 3.37. The molecule has 2 atom stereocenters. The molecule has 0 saturated heterocycles. The molecule has 93 valence electrons. The van der Waals surface area contributed by atoms with Crippen LogP contribution >= 0.6 is 0 Å². The van der Waals surface area contributed by atoms with Crippen molar-refractivity contribution in [2.24, 2.45) is 16.8 Å². The third kappa shape index (κ3) is 5.16. The Bertz CT molecular complexity index is 316. The summed E-state index contributed by atoms with van der Waals surface area (Å²) >= 11 is 0. The van der Waals surface area contributed by atoms with Gasteiger partial charge in [-0.3, -0.25) is 4.99 Å². The molecule has 0 fully saturated rings. The van der Waals surface area contributed by atoms with E-state index in [9.17, 15) is 0 Å². The van der Waals surface area contributed by atoms with Crippen molar-refractivity contribution in [2.75, 3.05) is 6.54 Å². The summed E-state index contributed by atoms with van der Waals surface area (Å²) in [5.74, 6) is 1.43. The zero-order valence-electron chi connectivity index (χ0n) is 11.3. The Morgan fingerprint density at radius 1 is 1.24 bits per heavy atom. The Hall–Kier alpha value is -1.11. The van der Waals surface area contributed by atoms with Crippen molar-refractivity contribution in [3.05, 3.63) is 42.3 Å². The molecule has 2 unspecified atom stereocenters. The van der Waals surface area contributed by atoms with Crippen LogP contribution in [0, 0.1) is 18.3 Å². The van der Waals surface area contributed by atoms with Gasteiger partial charge in [0.2, 0.25) is 0 Å². The normalized spacial score (nSPS) is 15.0. The number of rotatable bonds is 7. The minimum atomic E-state index is 0.685. The van der Waals surface area contributed by atoms with Crippen LogP contribution in [0.25, 0.3) is 0 Å². The lowest BCUT2D eigenvalue weighted by atomic mass is 9.88. The maximum absolute atomic E-state index is 4.58. The molecule has 0 amide bonds. The number of aliphatic imine (C=N–C) groups is 1. The summed E-state index contributed by atoms with van der Waals surface area (Å²) in [5.41, 5.74) is 1.19. The molecule has 0 bridgehead atoms. The average Bonchev–Trinajstić information content (AvgIpc) is 2.38. The fourth-order valence-corrected chi connectivity index (χ4v) is 1.96. The molecule has 0 aromatic heterocycles. The fourth-order valence-electron chi connectivity index (χ4n) is 1.96. The van der Waals surface area contributed by atoms with Crippen LogP contribution in [0.15, 0.2) is 35.3 Å². The fraction of sp³-hybridized carbons (Fsp3) is 0.500. The van der Waals surface area contributed by atoms with Gasteiger partial charge in [0, 0.05) is 12.8 Å². The van der Waals surface area contributed by atoms with Gasteiger partial charge >= 0.3 is 0 Å². The first-order valence-electron chi connectivity index (χ1n) is 6.60. The Morgan fingerprint density at radius 3 is 2.53 bits per heavy atom. The summed E-state index contributed by atoms with van der Waals surface area (Å²) in [7, 11) is 0. The second kappa shape index (κ2) is 8.05. The number of benzene rings is 1. The molecule has 0 heterocycles. The van der Waals surface area contributed by atoms with Gasteiger partial charge in [-0.2, -0.15) is 0 Å². The molecule has 1 nitrogen and oxygen atoms in total. The van der Waals surface area contributed by atoms with Gasteiger partial charge in [-0.15, -0.1) is 0 Å². The van der Waals surface area contributed by atoms with E-state index in [-0.39, 0.29) is 0 Å². The second-order valence-electron chi connectivity index (χ2n) is 4.69. The lowest BCUT2D eigenvalue weighted by Crippen LogP contribution is -2.14. The highest BCUT2D eigenvalue weighted by Crippen LogP contribution is 2.20. The van der Waals surface area contributed by atoms with Crippen molar-refractivity contribution in [3.63, 3.8) is 0 Å². The zero-order chi connectivity index (χ0) is 12.5. The van der Waals surface area contributed by atoms with Crippen LogP contribution in [0.5, 0.6) is 0 Å². The summed E-state index contributed by atoms with van der Waals surface area (Å²) < 4.78 is 0. The predicted molar refractivity (Wildman–Crippen MR) is 76.4 cm³/mol. The summed E-state index contributed by atoms with van der Waals surface area (Å²) in [5, 5.41) is 0. The molecule has 1 rings (SSSR count). The lowest BCUT2D eigenvalue weighted by Gasteiger charge is -2.20. The summed E-state index contributed by atoms with van der Waals surface area (Å²) in [6.07, 6.45) is 6.65. The molecule has 1 radical (unpaired) electrons. The van der Waals surface area contributed by atoms with E-state index in [4.69, 9.17) is 0 Å². The van der Waals surface area contributed by atoms with Crippen LogP contribution in [-0.2, 0) is 0 Å². The first-order chi connectivity index (χ1) is 8.27. The van der Waals surface area contributed by atoms with Crippen LogP contribution in [0.2, 0.25) is 0 Å². The molecule has 0 N–H and O–H groups in total. The van der Waals surface area contributed by atoms with Crippen LogP contribution in [0.1, 0.15) is 39.2 Å². The van der Waals surface area contributed by atoms with E-state index in [1.165, 1.54) is 18.4 Å². The molecule has 0 saturated carbocycles. The minimum Gasteiger partial charge on any atom is -0.292 e. The van der Waals surface area contributed by atoms with E-state index >= 15 is 0 Å². The molecule has 0 aliphatic carbocycles. The summed E-state index contributed by atoms with van der Waals surface area (Å²) in [4.78, 5) is 4.58. The summed E-state index contributed by atoms with van der Waals surface area (Å²) in [6, 6.07) is 10.3. The van der Waals surface area contributed by atoms with Gasteiger partial charge in [-0.1, -0.05) is 57.5 Å². The van der Waals surface area contributed by atoms with Gasteiger partial charge in [0.05, 0.1) is 0 Å². The standard InChI is InChI=1S/C16H24N/c1-4-9-16(14(3)5-2)13-17-12-15-10-7-6-8-11-15/h4,6-8,10-12,14,16H,5,9,13H2,1-3H3. The van der Waals surface area contributed by atoms with Gasteiger partial charge in [0.15, 0.2) is 0 Å². The van der Waals surface area contributed by atoms with E-state index in [1.54, 1.807) is 0 Å². The molecular formula is C16H24N. The highest BCUT2D eigenvalue weighted by atomic mass is 14.7. The predicted octanol–water partition coefficient (Wildman–Crippen LogP) is 4.38. The molecular weight excluding hydrogens is 206 g/mol. The smallest absolute Gasteiger partial charge is 0.0420 e. The topological polar surface area (TPSA) is 12.4 Å². The largest absolute Gasteiger partial charge is 0.292 e. The van der Waals surface area contributed by atoms with E-state index in [0.717, 1.165) is 12.5 Å². The third-order valence-electron chi connectivity index (χ3n) is 3.37. The SMILES string of the molecule is C[CH]CC(CN=Cc1ccccc1)C(C)CC. The maximum Gasteiger partial charge on any atom is 0.0420 e. The highest BCUT2D eigenvalue weighted by Gasteiger charge is 2.13. The Morgan fingerprint density at radius 2 is 1.94 bits per heavy atom. The van der Waals surface area contributed by atoms with Crippen molar-refractivity contribution in [2.45, 2.75) is 33.6 Å². The molecule has 1 aromatic rings. The van der Waals surface area contributed by atoms with Crippen molar-refractivity contribution < 1.29 is 0 Å². The van der Waals surface area contributed by atoms with E-state index in [2.05, 4.69) is 44.3 Å². The molecule has 0 aliphatic rings. The van der Waals surface area contributed by atoms with Gasteiger partial charge in [0.25, 0.3) is 0 Å². The van der Waals surface area contributed by atoms with Crippen molar-refractivity contribution >= 4 is 6.21 Å². The van der Waals surface area contributed by atoms with Crippen molar-refractivity contribution in [1.29, 1.82) is 0 Å². The lowest BCUT2D eigenvalue weighted by molar-refractivity contribution is 0.353. The summed E-state index contributed by atoms with van der Waals surface area (Å²) in [6.45, 7) is 7.66. The molecule has 1 heteroatoms. The second-order valence-corrected chi connectivity index (χ2v) is 4.69. The van der Waals surface area contributed by atoms with Crippen molar-refractivity contribution in [3.8, 4) is 0 Å². The minimum absolute atomic E-state index is 0.685. The van der Waals surface area contributed by atoms with Gasteiger partial charge in [-0.25, -0.2) is 0 Å². The first kappa shape index (κ1) is 14.0. The van der Waals surface area contributed by atoms with E-state index in [1.807, 2.05) is 24.4 Å². The first-order valence-corrected chi connectivity index (χ1v) is 6.60. The highest BCUT2D eigenvalue weighted by molar-refractivity contribution is 5.79. The maximum atomic E-state index is 4.58. The number of hydrogen-bond donors (Lipinski definition) is 0. The van der Waals surface area contributed by atoms with Crippen molar-refractivity contribution in [1.82, 2.24) is 0 Å². The molecule has 0 spiro atoms. The molecule has 1 aromatic carbocycles. The molecule has 17 heavy (non-hydrogen) atoms. The van der Waals surface area contributed by atoms with Crippen LogP contribution in [-0.4, -0.2) is 12.8 Å². The number of hydrogen-bond acceptors (Lipinski definition) is 1. The Kier molecular flexibility index (Phi) is 6.61. The monoisotopic (exact) mass is 230 g/mol. The van der Waals surface area contributed by atoms with Crippen LogP contribution < -0.4 is 0 Å². The van der Waals surface area contributed by atoms with Gasteiger partial charge in [0.1, 0.15) is 0 Å². The average molecular weight is 230 g/mol.